The van der Waals surface area contributed by atoms with Crippen LogP contribution in [0.5, 0.6) is 11.5 Å². The molecule has 1 aliphatic heterocycles. The summed E-state index contributed by atoms with van der Waals surface area (Å²) >= 11 is 0. The van der Waals surface area contributed by atoms with Crippen LogP contribution in [0.3, 0.4) is 0 Å². The summed E-state index contributed by atoms with van der Waals surface area (Å²) in [5.74, 6) is 0.0757. The van der Waals surface area contributed by atoms with Crippen molar-refractivity contribution in [2.45, 2.75) is 6.04 Å². The lowest BCUT2D eigenvalue weighted by atomic mass is 9.98. The van der Waals surface area contributed by atoms with Crippen LogP contribution in [0.25, 0.3) is 11.0 Å². The van der Waals surface area contributed by atoms with Crippen LogP contribution in [0.4, 0.5) is 4.39 Å². The first kappa shape index (κ1) is 20.9. The normalized spacial score (nSPS) is 15.6. The molecule has 0 N–H and O–H groups in total. The minimum absolute atomic E-state index is 0.0114. The maximum atomic E-state index is 13.8. The van der Waals surface area contributed by atoms with Gasteiger partial charge >= 0.3 is 0 Å². The van der Waals surface area contributed by atoms with E-state index in [4.69, 9.17) is 13.9 Å². The molecule has 1 amide bonds. The molecule has 0 spiro atoms. The van der Waals surface area contributed by atoms with Crippen LogP contribution in [0.15, 0.2) is 45.6 Å². The van der Waals surface area contributed by atoms with E-state index in [2.05, 4.69) is 0 Å². The van der Waals surface area contributed by atoms with Crippen LogP contribution < -0.4 is 14.9 Å². The average molecular weight is 426 g/mol. The number of fused-ring (bicyclic) bond motifs is 2. The number of benzene rings is 2. The number of hydrogen-bond acceptors (Lipinski definition) is 6. The van der Waals surface area contributed by atoms with Crippen LogP contribution >= 0.6 is 0 Å². The lowest BCUT2D eigenvalue weighted by molar-refractivity contribution is 0.0716. The van der Waals surface area contributed by atoms with Crippen molar-refractivity contribution in [2.75, 3.05) is 41.4 Å². The molecule has 1 aliphatic rings. The highest BCUT2D eigenvalue weighted by atomic mass is 19.1. The fourth-order valence-electron chi connectivity index (χ4n) is 3.90. The Hall–Kier alpha value is -3.39. The lowest BCUT2D eigenvalue weighted by Gasteiger charge is -2.27. The monoisotopic (exact) mass is 426 g/mol. The summed E-state index contributed by atoms with van der Waals surface area (Å²) in [5, 5.41) is 0.103. The summed E-state index contributed by atoms with van der Waals surface area (Å²) in [6, 6.07) is 8.27. The van der Waals surface area contributed by atoms with E-state index in [9.17, 15) is 14.0 Å². The number of hydrogen-bond donors (Lipinski definition) is 0. The highest BCUT2D eigenvalue weighted by Crippen LogP contribution is 2.40. The molecule has 7 nitrogen and oxygen atoms in total. The fourth-order valence-corrected chi connectivity index (χ4v) is 3.90. The van der Waals surface area contributed by atoms with Gasteiger partial charge in [-0.3, -0.25) is 9.59 Å². The van der Waals surface area contributed by atoms with Gasteiger partial charge in [0.2, 0.25) is 5.76 Å². The fraction of sp³-hybridized carbons (Fsp3) is 0.304. The smallest absolute Gasteiger partial charge is 0.290 e. The Morgan fingerprint density at radius 3 is 2.48 bits per heavy atom. The first-order valence-electron chi connectivity index (χ1n) is 9.79. The second-order valence-corrected chi connectivity index (χ2v) is 7.63. The number of halogens is 1. The van der Waals surface area contributed by atoms with Crippen molar-refractivity contribution in [3.05, 3.63) is 69.3 Å². The Morgan fingerprint density at radius 2 is 1.81 bits per heavy atom. The van der Waals surface area contributed by atoms with Gasteiger partial charge in [0.15, 0.2) is 16.9 Å². The molecule has 8 heteroatoms. The van der Waals surface area contributed by atoms with Crippen LogP contribution in [0.2, 0.25) is 0 Å². The highest BCUT2D eigenvalue weighted by molar-refractivity contribution is 5.99. The second-order valence-electron chi connectivity index (χ2n) is 7.63. The molecular formula is C23H23FN2O5. The molecule has 2 aromatic carbocycles. The molecule has 0 saturated carbocycles. The zero-order valence-corrected chi connectivity index (χ0v) is 17.8. The van der Waals surface area contributed by atoms with E-state index in [1.54, 1.807) is 23.1 Å². The van der Waals surface area contributed by atoms with E-state index in [-0.39, 0.29) is 28.2 Å². The summed E-state index contributed by atoms with van der Waals surface area (Å²) < 4.78 is 30.4. The van der Waals surface area contributed by atoms with Gasteiger partial charge in [-0.15, -0.1) is 0 Å². The summed E-state index contributed by atoms with van der Waals surface area (Å²) in [6.07, 6.45) is 0. The summed E-state index contributed by atoms with van der Waals surface area (Å²) in [7, 11) is 6.85. The molecule has 1 atom stereocenters. The molecule has 4 rings (SSSR count). The summed E-state index contributed by atoms with van der Waals surface area (Å²) in [6.45, 7) is 0.963. The lowest BCUT2D eigenvalue weighted by Crippen LogP contribution is -2.35. The highest BCUT2D eigenvalue weighted by Gasteiger charge is 2.42. The first-order valence-corrected chi connectivity index (χ1v) is 9.79. The number of rotatable bonds is 6. The zero-order valence-electron chi connectivity index (χ0n) is 17.8. The first-order chi connectivity index (χ1) is 14.8. The predicted molar refractivity (Wildman–Crippen MR) is 113 cm³/mol. The third-order valence-electron chi connectivity index (χ3n) is 5.44. The van der Waals surface area contributed by atoms with Crippen LogP contribution in [-0.2, 0) is 0 Å². The van der Waals surface area contributed by atoms with Gasteiger partial charge < -0.3 is 23.7 Å². The molecule has 0 saturated heterocycles. The molecule has 0 fully saturated rings. The number of likely N-dealkylation sites (N-methyl/N-ethyl adjacent to an activating group) is 1. The van der Waals surface area contributed by atoms with Crippen molar-refractivity contribution < 1.29 is 23.1 Å². The predicted octanol–water partition coefficient (Wildman–Crippen LogP) is 3.06. The van der Waals surface area contributed by atoms with Crippen LogP contribution in [-0.4, -0.2) is 57.1 Å². The van der Waals surface area contributed by atoms with E-state index in [1.165, 1.54) is 26.4 Å². The van der Waals surface area contributed by atoms with Crippen LogP contribution in [0, 0.1) is 5.82 Å². The maximum Gasteiger partial charge on any atom is 0.290 e. The van der Waals surface area contributed by atoms with Crippen molar-refractivity contribution in [1.82, 2.24) is 9.80 Å². The van der Waals surface area contributed by atoms with E-state index in [0.717, 1.165) is 6.07 Å². The maximum absolute atomic E-state index is 13.8. The van der Waals surface area contributed by atoms with Gasteiger partial charge in [0.05, 0.1) is 31.2 Å². The van der Waals surface area contributed by atoms with Gasteiger partial charge in [-0.05, 0) is 50.0 Å². The second kappa shape index (κ2) is 8.03. The third kappa shape index (κ3) is 3.53. The largest absolute Gasteiger partial charge is 0.493 e. The Morgan fingerprint density at radius 1 is 1.06 bits per heavy atom. The quantitative estimate of drug-likeness (QED) is 0.603. The molecular weight excluding hydrogens is 403 g/mol. The topological polar surface area (TPSA) is 72.2 Å². The number of carbonyl (C=O) groups is 1. The molecule has 1 unspecified atom stereocenters. The van der Waals surface area contributed by atoms with Crippen molar-refractivity contribution >= 4 is 16.9 Å². The van der Waals surface area contributed by atoms with E-state index >= 15 is 0 Å². The minimum atomic E-state index is -0.689. The standard InChI is InChI=1S/C23H23FN2O5/c1-25(2)9-10-26-20(13-5-7-17(29-3)18(11-13)30-4)19-21(27)15-12-14(24)6-8-16(15)31-22(19)23(26)28/h5-8,11-12,20H,9-10H2,1-4H3. The number of amides is 1. The van der Waals surface area contributed by atoms with Gasteiger partial charge in [0, 0.05) is 13.1 Å². The van der Waals surface area contributed by atoms with E-state index in [0.29, 0.717) is 30.2 Å². The average Bonchev–Trinajstić information content (AvgIpc) is 3.04. The Bertz CT molecular complexity index is 1220. The number of nitrogens with zero attached hydrogens (tertiary/aromatic N) is 2. The SMILES string of the molecule is COc1ccc(C2c3c(oc4ccc(F)cc4c3=O)C(=O)N2CCN(C)C)cc1OC. The molecule has 31 heavy (non-hydrogen) atoms. The molecule has 3 aromatic rings. The number of methoxy groups -OCH3 is 2. The minimum Gasteiger partial charge on any atom is -0.493 e. The van der Waals surface area contributed by atoms with Gasteiger partial charge in [0.25, 0.3) is 5.91 Å². The zero-order chi connectivity index (χ0) is 22.3. The van der Waals surface area contributed by atoms with Crippen LogP contribution in [0.1, 0.15) is 27.7 Å². The summed E-state index contributed by atoms with van der Waals surface area (Å²) in [4.78, 5) is 30.2. The van der Waals surface area contributed by atoms with E-state index < -0.39 is 17.3 Å². The van der Waals surface area contributed by atoms with Gasteiger partial charge in [-0.25, -0.2) is 4.39 Å². The van der Waals surface area contributed by atoms with Gasteiger partial charge in [-0.1, -0.05) is 6.07 Å². The molecule has 2 heterocycles. The molecule has 162 valence electrons. The molecule has 0 bridgehead atoms. The van der Waals surface area contributed by atoms with Crippen molar-refractivity contribution in [1.29, 1.82) is 0 Å². The van der Waals surface area contributed by atoms with Crippen molar-refractivity contribution in [3.63, 3.8) is 0 Å². The Labute approximate surface area is 178 Å². The molecule has 1 aromatic heterocycles. The number of ether oxygens (including phenoxy) is 2. The Balaban J connectivity index is 1.95. The van der Waals surface area contributed by atoms with Crippen molar-refractivity contribution in [3.8, 4) is 11.5 Å². The summed E-state index contributed by atoms with van der Waals surface area (Å²) in [5.41, 5.74) is 0.635. The number of carbonyl (C=O) groups excluding carboxylic acids is 1. The molecule has 0 radical (unpaired) electrons. The van der Waals surface area contributed by atoms with Gasteiger partial charge in [-0.2, -0.15) is 0 Å². The Kier molecular flexibility index (Phi) is 5.41. The van der Waals surface area contributed by atoms with E-state index in [1.807, 2.05) is 19.0 Å². The van der Waals surface area contributed by atoms with Crippen molar-refractivity contribution in [2.24, 2.45) is 0 Å². The molecule has 0 aliphatic carbocycles. The third-order valence-corrected chi connectivity index (χ3v) is 5.44. The van der Waals surface area contributed by atoms with Gasteiger partial charge in [0.1, 0.15) is 11.4 Å².